The molecule has 1 aromatic rings. The zero-order valence-electron chi connectivity index (χ0n) is 8.48. The van der Waals surface area contributed by atoms with Crippen LogP contribution in [0.1, 0.15) is 8.30 Å². The zero-order chi connectivity index (χ0) is 10.7. The average molecular weight is 169 g/mol. The van der Waals surface area contributed by atoms with Gasteiger partial charge in [-0.3, -0.25) is 10.1 Å². The summed E-state index contributed by atoms with van der Waals surface area (Å²) in [6.07, 6.45) is 0. The van der Waals surface area contributed by atoms with Crippen molar-refractivity contribution >= 4 is 5.69 Å². The molecule has 1 aromatic carbocycles. The molecule has 0 N–H and O–H groups in total. The first-order valence-corrected chi connectivity index (χ1v) is 3.23. The highest BCUT2D eigenvalue weighted by atomic mass is 16.6. The number of nitro benzene ring substituents is 1. The molecule has 64 valence electrons. The van der Waals surface area contributed by atoms with E-state index >= 15 is 0 Å². The van der Waals surface area contributed by atoms with Crippen LogP contribution >= 0.6 is 0 Å². The predicted molar refractivity (Wildman–Crippen MR) is 44.4 cm³/mol. The number of nitrogens with zero attached hydrogens (tertiary/aromatic N) is 1. The maximum atomic E-state index is 10.7. The summed E-state index contributed by atoms with van der Waals surface area (Å²) < 4.78 is 19.1. The van der Waals surface area contributed by atoms with Gasteiger partial charge in [-0.15, -0.1) is 0 Å². The zero-order valence-corrected chi connectivity index (χ0v) is 6.48. The van der Waals surface area contributed by atoms with E-state index < -0.39 is 11.8 Å². The number of hydrogen-bond acceptors (Lipinski definition) is 3. The number of nitro groups is 1. The lowest BCUT2D eigenvalue weighted by atomic mass is 10.2. The van der Waals surface area contributed by atoms with Gasteiger partial charge in [0, 0.05) is 8.30 Å². The lowest BCUT2D eigenvalue weighted by Crippen LogP contribution is -1.95. The van der Waals surface area contributed by atoms with E-state index in [0.29, 0.717) is 0 Å². The van der Waals surface area contributed by atoms with E-state index in [-0.39, 0.29) is 17.0 Å². The van der Waals surface area contributed by atoms with Crippen molar-refractivity contribution in [1.82, 2.24) is 0 Å². The van der Waals surface area contributed by atoms with Gasteiger partial charge in [0.05, 0.1) is 12.0 Å². The highest BCUT2D eigenvalue weighted by molar-refractivity contribution is 5.51. The molecule has 0 aromatic heterocycles. The van der Waals surface area contributed by atoms with Gasteiger partial charge >= 0.3 is 5.69 Å². The van der Waals surface area contributed by atoms with E-state index in [4.69, 9.17) is 7.48 Å². The molecule has 4 nitrogen and oxygen atoms in total. The van der Waals surface area contributed by atoms with Gasteiger partial charge in [-0.25, -0.2) is 0 Å². The molecule has 0 heterocycles. The standard InChI is InChI=1S/C8H9NO3/c1-6-4-3-5-7(12-2)8(6)9(10)11/h3-5H,1-2H3/i1D2. The molecular formula is C8H9NO3. The Bertz CT molecular complexity index is 354. The molecule has 4 heteroatoms. The van der Waals surface area contributed by atoms with Crippen LogP contribution in [0, 0.1) is 17.0 Å². The van der Waals surface area contributed by atoms with Gasteiger partial charge < -0.3 is 4.74 Å². The monoisotopic (exact) mass is 169 g/mol. The fourth-order valence-electron chi connectivity index (χ4n) is 0.899. The normalized spacial score (nSPS) is 12.2. The van der Waals surface area contributed by atoms with Crippen LogP contribution in [-0.2, 0) is 0 Å². The first-order chi connectivity index (χ1) is 6.57. The number of ether oxygens (including phenoxy) is 1. The van der Waals surface area contributed by atoms with Gasteiger partial charge in [-0.2, -0.15) is 0 Å². The number of rotatable bonds is 2. The summed E-state index contributed by atoms with van der Waals surface area (Å²) in [6.45, 7) is -1.38. The van der Waals surface area contributed by atoms with Gasteiger partial charge in [0.25, 0.3) is 0 Å². The van der Waals surface area contributed by atoms with Crippen LogP contribution in [0.2, 0.25) is 0 Å². The van der Waals surface area contributed by atoms with E-state index in [1.54, 1.807) is 0 Å². The predicted octanol–water partition coefficient (Wildman–Crippen LogP) is 1.91. The summed E-state index contributed by atoms with van der Waals surface area (Å²) >= 11 is 0. The second-order valence-electron chi connectivity index (χ2n) is 2.16. The molecular weight excluding hydrogens is 158 g/mol. The minimum atomic E-state index is -1.38. The highest BCUT2D eigenvalue weighted by Gasteiger charge is 2.16. The van der Waals surface area contributed by atoms with Crippen molar-refractivity contribution in [2.24, 2.45) is 0 Å². The van der Waals surface area contributed by atoms with Crippen molar-refractivity contribution in [2.75, 3.05) is 7.11 Å². The molecule has 1 rings (SSSR count). The van der Waals surface area contributed by atoms with E-state index in [0.717, 1.165) is 0 Å². The Morgan fingerprint density at radius 2 is 2.42 bits per heavy atom. The summed E-state index contributed by atoms with van der Waals surface area (Å²) in [5.41, 5.74) is -0.264. The Labute approximate surface area is 72.7 Å². The minimum absolute atomic E-state index is 0.0364. The second kappa shape index (κ2) is 3.21. The van der Waals surface area contributed by atoms with Crippen molar-refractivity contribution in [3.63, 3.8) is 0 Å². The fraction of sp³-hybridized carbons (Fsp3) is 0.250. The summed E-state index contributed by atoms with van der Waals surface area (Å²) in [5.74, 6) is 0.0806. The van der Waals surface area contributed by atoms with Crippen LogP contribution in [0.25, 0.3) is 0 Å². The summed E-state index contributed by atoms with van der Waals surface area (Å²) in [7, 11) is 1.31. The van der Waals surface area contributed by atoms with E-state index in [2.05, 4.69) is 0 Å². The van der Waals surface area contributed by atoms with Crippen LogP contribution in [0.4, 0.5) is 5.69 Å². The van der Waals surface area contributed by atoms with Crippen molar-refractivity contribution in [2.45, 2.75) is 6.88 Å². The molecule has 0 amide bonds. The highest BCUT2D eigenvalue weighted by Crippen LogP contribution is 2.29. The van der Waals surface area contributed by atoms with E-state index in [9.17, 15) is 10.1 Å². The van der Waals surface area contributed by atoms with E-state index in [1.165, 1.54) is 25.3 Å². The first-order valence-electron chi connectivity index (χ1n) is 4.39. The number of benzene rings is 1. The van der Waals surface area contributed by atoms with Crippen molar-refractivity contribution in [3.05, 3.63) is 33.9 Å². The third-order valence-corrected chi connectivity index (χ3v) is 1.43. The molecule has 0 radical (unpaired) electrons. The Morgan fingerprint density at radius 3 is 2.92 bits per heavy atom. The third kappa shape index (κ3) is 1.37. The number of methoxy groups -OCH3 is 1. The van der Waals surface area contributed by atoms with Crippen LogP contribution in [-0.4, -0.2) is 12.0 Å². The molecule has 0 aliphatic rings. The number of aryl methyl sites for hydroxylation is 1. The Morgan fingerprint density at radius 1 is 1.67 bits per heavy atom. The molecule has 0 unspecified atom stereocenters. The minimum Gasteiger partial charge on any atom is -0.490 e. The molecule has 0 saturated heterocycles. The smallest absolute Gasteiger partial charge is 0.313 e. The van der Waals surface area contributed by atoms with Gasteiger partial charge in [-0.1, -0.05) is 12.1 Å². The van der Waals surface area contributed by atoms with Gasteiger partial charge in [0.15, 0.2) is 5.75 Å². The molecule has 12 heavy (non-hydrogen) atoms. The Hall–Kier alpha value is -1.58. The Kier molecular flexibility index (Phi) is 1.60. The molecule has 0 aliphatic carbocycles. The molecule has 0 fully saturated rings. The average Bonchev–Trinajstić information content (AvgIpc) is 2.16. The number of para-hydroxylation sites is 1. The molecule has 0 bridgehead atoms. The van der Waals surface area contributed by atoms with Crippen LogP contribution in [0.5, 0.6) is 5.75 Å². The van der Waals surface area contributed by atoms with Crippen molar-refractivity contribution in [1.29, 1.82) is 0 Å². The quantitative estimate of drug-likeness (QED) is 0.502. The van der Waals surface area contributed by atoms with Gasteiger partial charge in [-0.05, 0) is 12.9 Å². The van der Waals surface area contributed by atoms with Crippen LogP contribution in [0.15, 0.2) is 18.2 Å². The molecule has 0 aliphatic heterocycles. The van der Waals surface area contributed by atoms with Crippen LogP contribution < -0.4 is 4.74 Å². The topological polar surface area (TPSA) is 52.4 Å². The fourth-order valence-corrected chi connectivity index (χ4v) is 0.899. The SMILES string of the molecule is [2H]C([2H])c1cccc(OC)c1[N+](=O)[O-]. The Balaban J connectivity index is 3.35. The summed E-state index contributed by atoms with van der Waals surface area (Å²) in [6, 6.07) is 4.34. The molecule has 0 spiro atoms. The first kappa shape index (κ1) is 5.99. The maximum Gasteiger partial charge on any atom is 0.313 e. The van der Waals surface area contributed by atoms with E-state index in [1.807, 2.05) is 0 Å². The largest absolute Gasteiger partial charge is 0.490 e. The maximum absolute atomic E-state index is 10.7. The van der Waals surface area contributed by atoms with Crippen molar-refractivity contribution in [3.8, 4) is 5.75 Å². The summed E-state index contributed by atoms with van der Waals surface area (Å²) in [5, 5.41) is 10.7. The third-order valence-electron chi connectivity index (χ3n) is 1.43. The molecule has 0 saturated carbocycles. The van der Waals surface area contributed by atoms with Crippen molar-refractivity contribution < 1.29 is 12.4 Å². The van der Waals surface area contributed by atoms with Gasteiger partial charge in [0.1, 0.15) is 0 Å². The number of hydrogen-bond donors (Lipinski definition) is 0. The second-order valence-corrected chi connectivity index (χ2v) is 2.16. The van der Waals surface area contributed by atoms with Gasteiger partial charge in [0.2, 0.25) is 0 Å². The molecule has 0 atom stereocenters. The lowest BCUT2D eigenvalue weighted by Gasteiger charge is -2.02. The van der Waals surface area contributed by atoms with Crippen LogP contribution in [0.3, 0.4) is 0 Å². The lowest BCUT2D eigenvalue weighted by molar-refractivity contribution is -0.386. The summed E-state index contributed by atoms with van der Waals surface area (Å²) in [4.78, 5) is 10.0.